The smallest absolute Gasteiger partial charge is 0.231 e. The van der Waals surface area contributed by atoms with E-state index in [2.05, 4.69) is 19.2 Å². The second-order valence-electron chi connectivity index (χ2n) is 5.34. The summed E-state index contributed by atoms with van der Waals surface area (Å²) in [6.07, 6.45) is -0.581. The normalized spacial score (nSPS) is 16.4. The van der Waals surface area contributed by atoms with Crippen molar-refractivity contribution in [3.8, 4) is 11.5 Å². The van der Waals surface area contributed by atoms with E-state index in [9.17, 15) is 5.11 Å². The number of nitrogens with one attached hydrogen (secondary N) is 1. The van der Waals surface area contributed by atoms with Crippen LogP contribution in [0.5, 0.6) is 11.5 Å². The molecule has 5 nitrogen and oxygen atoms in total. The van der Waals surface area contributed by atoms with Gasteiger partial charge in [-0.25, -0.2) is 0 Å². The molecule has 5 heteroatoms. The number of fused-ring (bicyclic) bond motifs is 1. The predicted octanol–water partition coefficient (Wildman–Crippen LogP) is 1.71. The molecule has 0 spiro atoms. The van der Waals surface area contributed by atoms with Crippen LogP contribution in [0.15, 0.2) is 18.2 Å². The molecule has 0 aromatic heterocycles. The van der Waals surface area contributed by atoms with Gasteiger partial charge in [0.2, 0.25) is 6.79 Å². The summed E-state index contributed by atoms with van der Waals surface area (Å²) >= 11 is 0. The van der Waals surface area contributed by atoms with Crippen molar-refractivity contribution in [2.45, 2.75) is 26.0 Å². The molecule has 20 heavy (non-hydrogen) atoms. The fraction of sp³-hybridized carbons (Fsp3) is 0.600. The number of aliphatic hydroxyl groups excluding tert-OH is 1. The summed E-state index contributed by atoms with van der Waals surface area (Å²) in [6, 6.07) is 5.75. The van der Waals surface area contributed by atoms with E-state index >= 15 is 0 Å². The van der Waals surface area contributed by atoms with E-state index in [-0.39, 0.29) is 12.8 Å². The van der Waals surface area contributed by atoms with Crippen LogP contribution in [0.2, 0.25) is 0 Å². The Morgan fingerprint density at radius 3 is 2.75 bits per heavy atom. The molecular weight excluding hydrogens is 258 g/mol. The van der Waals surface area contributed by atoms with Gasteiger partial charge in [-0.05, 0) is 23.6 Å². The zero-order valence-corrected chi connectivity index (χ0v) is 12.3. The van der Waals surface area contributed by atoms with Crippen LogP contribution in [0.25, 0.3) is 0 Å². The maximum atomic E-state index is 10.3. The lowest BCUT2D eigenvalue weighted by Gasteiger charge is -2.23. The van der Waals surface area contributed by atoms with E-state index in [1.54, 1.807) is 7.11 Å². The largest absolute Gasteiger partial charge is 0.454 e. The van der Waals surface area contributed by atoms with Gasteiger partial charge in [0.1, 0.15) is 0 Å². The highest BCUT2D eigenvalue weighted by Crippen LogP contribution is 2.34. The van der Waals surface area contributed by atoms with E-state index in [0.29, 0.717) is 24.8 Å². The molecule has 0 bridgehead atoms. The molecular formula is C15H23NO4. The molecule has 0 radical (unpaired) electrons. The third kappa shape index (κ3) is 3.62. The summed E-state index contributed by atoms with van der Waals surface area (Å²) in [4.78, 5) is 0. The second-order valence-corrected chi connectivity index (χ2v) is 5.34. The lowest BCUT2D eigenvalue weighted by molar-refractivity contribution is 0.124. The van der Waals surface area contributed by atoms with E-state index in [1.807, 2.05) is 18.2 Å². The minimum atomic E-state index is -0.581. The first-order valence-corrected chi connectivity index (χ1v) is 6.91. The zero-order valence-electron chi connectivity index (χ0n) is 12.3. The first-order chi connectivity index (χ1) is 9.61. The average Bonchev–Trinajstić information content (AvgIpc) is 2.89. The summed E-state index contributed by atoms with van der Waals surface area (Å²) < 4.78 is 15.8. The molecule has 0 saturated carbocycles. The highest BCUT2D eigenvalue weighted by molar-refractivity contribution is 5.45. The van der Waals surface area contributed by atoms with Crippen molar-refractivity contribution >= 4 is 0 Å². The molecule has 0 saturated heterocycles. The van der Waals surface area contributed by atoms with Gasteiger partial charge in [0.25, 0.3) is 0 Å². The molecule has 112 valence electrons. The van der Waals surface area contributed by atoms with Gasteiger partial charge in [-0.1, -0.05) is 19.9 Å². The van der Waals surface area contributed by atoms with E-state index in [1.165, 1.54) is 0 Å². The van der Waals surface area contributed by atoms with Crippen molar-refractivity contribution in [2.24, 2.45) is 5.92 Å². The van der Waals surface area contributed by atoms with Gasteiger partial charge < -0.3 is 24.6 Å². The Hall–Kier alpha value is -1.30. The van der Waals surface area contributed by atoms with Crippen LogP contribution >= 0.6 is 0 Å². The molecule has 1 aliphatic heterocycles. The van der Waals surface area contributed by atoms with E-state index in [0.717, 1.165) is 11.3 Å². The third-order valence-electron chi connectivity index (χ3n) is 3.51. The molecule has 1 aromatic rings. The molecule has 1 aliphatic rings. The fourth-order valence-electron chi connectivity index (χ4n) is 2.17. The Morgan fingerprint density at radius 2 is 2.05 bits per heavy atom. The highest BCUT2D eigenvalue weighted by atomic mass is 16.7. The summed E-state index contributed by atoms with van der Waals surface area (Å²) in [7, 11) is 1.69. The number of aliphatic hydroxyl groups is 1. The molecule has 2 unspecified atom stereocenters. The Morgan fingerprint density at radius 1 is 1.30 bits per heavy atom. The van der Waals surface area contributed by atoms with Gasteiger partial charge in [-0.2, -0.15) is 0 Å². The number of hydrogen-bond donors (Lipinski definition) is 2. The molecule has 0 aliphatic carbocycles. The quantitative estimate of drug-likeness (QED) is 0.797. The van der Waals surface area contributed by atoms with Crippen molar-refractivity contribution in [1.29, 1.82) is 0 Å². The first-order valence-electron chi connectivity index (χ1n) is 6.91. The van der Waals surface area contributed by atoms with Crippen LogP contribution in [-0.4, -0.2) is 38.2 Å². The van der Waals surface area contributed by atoms with Gasteiger partial charge in [-0.15, -0.1) is 0 Å². The van der Waals surface area contributed by atoms with Crippen LogP contribution in [0.3, 0.4) is 0 Å². The first kappa shape index (κ1) is 15.1. The average molecular weight is 281 g/mol. The van der Waals surface area contributed by atoms with Crippen molar-refractivity contribution in [3.05, 3.63) is 23.8 Å². The minimum absolute atomic E-state index is 0.226. The van der Waals surface area contributed by atoms with Crippen molar-refractivity contribution < 1.29 is 19.3 Å². The lowest BCUT2D eigenvalue weighted by Crippen LogP contribution is -2.39. The van der Waals surface area contributed by atoms with Crippen LogP contribution in [0, 0.1) is 5.92 Å². The highest BCUT2D eigenvalue weighted by Gasteiger charge is 2.18. The van der Waals surface area contributed by atoms with Gasteiger partial charge >= 0.3 is 0 Å². The number of hydrogen-bond acceptors (Lipinski definition) is 5. The van der Waals surface area contributed by atoms with Crippen LogP contribution in [0.4, 0.5) is 0 Å². The van der Waals surface area contributed by atoms with Crippen LogP contribution in [-0.2, 0) is 4.74 Å². The zero-order chi connectivity index (χ0) is 14.5. The number of benzene rings is 1. The molecule has 0 fully saturated rings. The third-order valence-corrected chi connectivity index (χ3v) is 3.51. The Bertz CT molecular complexity index is 436. The summed E-state index contributed by atoms with van der Waals surface area (Å²) in [6.45, 7) is 5.61. The Labute approximate surface area is 119 Å². The predicted molar refractivity (Wildman–Crippen MR) is 76.0 cm³/mol. The standard InChI is InChI=1S/C15H23NO4/c1-10(2)12(8-18-3)16-7-13(17)11-4-5-14-15(6-11)20-9-19-14/h4-6,10,12-13,16-17H,7-9H2,1-3H3. The fourth-order valence-corrected chi connectivity index (χ4v) is 2.17. The summed E-state index contributed by atoms with van der Waals surface area (Å²) in [5.74, 6) is 1.87. The molecule has 2 atom stereocenters. The van der Waals surface area contributed by atoms with Gasteiger partial charge in [0, 0.05) is 19.7 Å². The van der Waals surface area contributed by atoms with Crippen molar-refractivity contribution in [1.82, 2.24) is 5.32 Å². The van der Waals surface area contributed by atoms with Crippen molar-refractivity contribution in [3.63, 3.8) is 0 Å². The summed E-state index contributed by atoms with van der Waals surface area (Å²) in [5, 5.41) is 13.6. The van der Waals surface area contributed by atoms with Crippen LogP contribution < -0.4 is 14.8 Å². The maximum Gasteiger partial charge on any atom is 0.231 e. The molecule has 2 N–H and O–H groups in total. The number of ether oxygens (including phenoxy) is 3. The van der Waals surface area contributed by atoms with Gasteiger partial charge in [0.15, 0.2) is 11.5 Å². The SMILES string of the molecule is COCC(NCC(O)c1ccc2c(c1)OCO2)C(C)C. The Kier molecular flexibility index (Phi) is 5.23. The Balaban J connectivity index is 1.92. The lowest BCUT2D eigenvalue weighted by atomic mass is 10.0. The minimum Gasteiger partial charge on any atom is -0.454 e. The number of methoxy groups -OCH3 is 1. The second kappa shape index (κ2) is 6.92. The van der Waals surface area contributed by atoms with Gasteiger partial charge in [0.05, 0.1) is 12.7 Å². The maximum absolute atomic E-state index is 10.3. The molecule has 1 heterocycles. The number of rotatable bonds is 7. The summed E-state index contributed by atoms with van der Waals surface area (Å²) in [5.41, 5.74) is 0.821. The molecule has 0 amide bonds. The van der Waals surface area contributed by atoms with Crippen molar-refractivity contribution in [2.75, 3.05) is 27.1 Å². The molecule has 1 aromatic carbocycles. The topological polar surface area (TPSA) is 60.0 Å². The van der Waals surface area contributed by atoms with Gasteiger partial charge in [-0.3, -0.25) is 0 Å². The van der Waals surface area contributed by atoms with E-state index in [4.69, 9.17) is 14.2 Å². The van der Waals surface area contributed by atoms with E-state index < -0.39 is 6.10 Å². The van der Waals surface area contributed by atoms with Crippen LogP contribution in [0.1, 0.15) is 25.5 Å². The monoisotopic (exact) mass is 281 g/mol. The molecule has 2 rings (SSSR count).